The summed E-state index contributed by atoms with van der Waals surface area (Å²) in [5.74, 6) is -0.702. The lowest BCUT2D eigenvalue weighted by molar-refractivity contribution is -0.136. The third kappa shape index (κ3) is 21.2. The number of unbranched alkanes of at least 4 members (excludes halogenated alkanes) is 15. The molecule has 0 aromatic heterocycles. The summed E-state index contributed by atoms with van der Waals surface area (Å²) in [7, 11) is 0. The van der Waals surface area contributed by atoms with E-state index in [9.17, 15) is 4.79 Å². The molecule has 0 bridgehead atoms. The molecule has 24 heavy (non-hydrogen) atoms. The first-order chi connectivity index (χ1) is 11.8. The molecule has 0 aliphatic heterocycles. The quantitative estimate of drug-likeness (QED) is 0.194. The van der Waals surface area contributed by atoms with Crippen LogP contribution in [0.1, 0.15) is 122 Å². The van der Waals surface area contributed by atoms with Crippen molar-refractivity contribution in [3.63, 3.8) is 0 Å². The summed E-state index contributed by atoms with van der Waals surface area (Å²) < 4.78 is 0. The molecule has 0 fully saturated rings. The van der Waals surface area contributed by atoms with Gasteiger partial charge in [-0.1, -0.05) is 109 Å². The molecular formula is C22H42O2. The summed E-state index contributed by atoms with van der Waals surface area (Å²) in [6.07, 6.45) is 27.2. The highest BCUT2D eigenvalue weighted by atomic mass is 16.4. The van der Waals surface area contributed by atoms with Crippen molar-refractivity contribution in [2.24, 2.45) is 0 Å². The first-order valence-electron chi connectivity index (χ1n) is 10.6. The lowest BCUT2D eigenvalue weighted by atomic mass is 10.0. The first kappa shape index (κ1) is 23.2. The van der Waals surface area contributed by atoms with Gasteiger partial charge in [0, 0.05) is 6.42 Å². The van der Waals surface area contributed by atoms with Gasteiger partial charge in [-0.3, -0.25) is 4.79 Å². The molecular weight excluding hydrogens is 296 g/mol. The van der Waals surface area contributed by atoms with E-state index in [4.69, 9.17) is 5.11 Å². The molecule has 142 valence electrons. The van der Waals surface area contributed by atoms with Crippen molar-refractivity contribution in [3.05, 3.63) is 12.2 Å². The van der Waals surface area contributed by atoms with Crippen LogP contribution in [0.3, 0.4) is 0 Å². The van der Waals surface area contributed by atoms with Gasteiger partial charge in [0.25, 0.3) is 0 Å². The molecule has 0 rings (SSSR count). The number of hydrogen-bond donors (Lipinski definition) is 1. The van der Waals surface area contributed by atoms with Gasteiger partial charge in [0.1, 0.15) is 0 Å². The van der Waals surface area contributed by atoms with Gasteiger partial charge in [0.05, 0.1) is 0 Å². The standard InChI is InChI=1S/C22H42O2/c1-2-3-4-5-6-7-8-9-10-11-12-13-14-15-16-17-18-19-20-21-22(23)24/h18-19H,2-17,20-21H2,1H3,(H,23,24)/b19-18-. The van der Waals surface area contributed by atoms with Crippen LogP contribution in [0.25, 0.3) is 0 Å². The van der Waals surface area contributed by atoms with E-state index in [0.717, 1.165) is 6.42 Å². The van der Waals surface area contributed by atoms with Crippen LogP contribution >= 0.6 is 0 Å². The average molecular weight is 339 g/mol. The van der Waals surface area contributed by atoms with E-state index in [1.165, 1.54) is 96.3 Å². The van der Waals surface area contributed by atoms with Gasteiger partial charge in [-0.25, -0.2) is 0 Å². The molecule has 0 spiro atoms. The van der Waals surface area contributed by atoms with E-state index in [1.807, 2.05) is 6.08 Å². The van der Waals surface area contributed by atoms with E-state index in [-0.39, 0.29) is 6.42 Å². The molecule has 0 aromatic carbocycles. The molecule has 0 aromatic rings. The molecule has 0 saturated carbocycles. The number of aliphatic carboxylic acids is 1. The summed E-state index contributed by atoms with van der Waals surface area (Å²) in [5, 5.41) is 8.52. The average Bonchev–Trinajstić information content (AvgIpc) is 2.56. The fourth-order valence-electron chi connectivity index (χ4n) is 3.08. The van der Waals surface area contributed by atoms with Crippen LogP contribution in [0.4, 0.5) is 0 Å². The number of carboxylic acids is 1. The number of rotatable bonds is 19. The smallest absolute Gasteiger partial charge is 0.303 e. The van der Waals surface area contributed by atoms with Crippen LogP contribution in [0.2, 0.25) is 0 Å². The van der Waals surface area contributed by atoms with E-state index >= 15 is 0 Å². The first-order valence-corrected chi connectivity index (χ1v) is 10.6. The molecule has 0 amide bonds. The molecule has 0 radical (unpaired) electrons. The Balaban J connectivity index is 3.04. The Kier molecular flexibility index (Phi) is 19.6. The monoisotopic (exact) mass is 338 g/mol. The van der Waals surface area contributed by atoms with Gasteiger partial charge in [-0.15, -0.1) is 0 Å². The zero-order valence-corrected chi connectivity index (χ0v) is 16.2. The Morgan fingerprint density at radius 2 is 1.00 bits per heavy atom. The van der Waals surface area contributed by atoms with Crippen molar-refractivity contribution in [1.29, 1.82) is 0 Å². The predicted molar refractivity (Wildman–Crippen MR) is 106 cm³/mol. The SMILES string of the molecule is CCCCCCCCCCCCCCCCC/C=C\CCC(=O)O. The van der Waals surface area contributed by atoms with Crippen LogP contribution in [0, 0.1) is 0 Å². The van der Waals surface area contributed by atoms with E-state index in [0.29, 0.717) is 6.42 Å². The second-order valence-corrected chi connectivity index (χ2v) is 7.14. The van der Waals surface area contributed by atoms with Crippen molar-refractivity contribution in [2.75, 3.05) is 0 Å². The summed E-state index contributed by atoms with van der Waals surface area (Å²) >= 11 is 0. The Morgan fingerprint density at radius 1 is 0.625 bits per heavy atom. The predicted octanol–water partition coefficient (Wildman–Crippen LogP) is 7.67. The topological polar surface area (TPSA) is 37.3 Å². The van der Waals surface area contributed by atoms with Crippen molar-refractivity contribution < 1.29 is 9.90 Å². The molecule has 2 nitrogen and oxygen atoms in total. The number of carbonyl (C=O) groups is 1. The lowest BCUT2D eigenvalue weighted by Crippen LogP contribution is -1.91. The number of carboxylic acid groups (broad SMARTS) is 1. The van der Waals surface area contributed by atoms with Crippen LogP contribution in [-0.4, -0.2) is 11.1 Å². The molecule has 0 aliphatic carbocycles. The van der Waals surface area contributed by atoms with Gasteiger partial charge >= 0.3 is 5.97 Å². The zero-order valence-electron chi connectivity index (χ0n) is 16.2. The van der Waals surface area contributed by atoms with E-state index < -0.39 is 5.97 Å². The third-order valence-electron chi connectivity index (χ3n) is 4.67. The second-order valence-electron chi connectivity index (χ2n) is 7.14. The Morgan fingerprint density at radius 3 is 1.42 bits per heavy atom. The summed E-state index contributed by atoms with van der Waals surface area (Å²) in [6, 6.07) is 0. The van der Waals surface area contributed by atoms with Crippen LogP contribution in [-0.2, 0) is 4.79 Å². The zero-order chi connectivity index (χ0) is 17.7. The third-order valence-corrected chi connectivity index (χ3v) is 4.67. The van der Waals surface area contributed by atoms with Crippen molar-refractivity contribution in [3.8, 4) is 0 Å². The molecule has 0 unspecified atom stereocenters. The highest BCUT2D eigenvalue weighted by molar-refractivity contribution is 5.66. The van der Waals surface area contributed by atoms with Gasteiger partial charge < -0.3 is 5.11 Å². The van der Waals surface area contributed by atoms with Gasteiger partial charge in [-0.2, -0.15) is 0 Å². The molecule has 2 heteroatoms. The highest BCUT2D eigenvalue weighted by Gasteiger charge is 1.94. The Labute approximate surface area is 151 Å². The minimum atomic E-state index is -0.702. The maximum atomic E-state index is 10.3. The Hall–Kier alpha value is -0.790. The van der Waals surface area contributed by atoms with Crippen LogP contribution < -0.4 is 0 Å². The highest BCUT2D eigenvalue weighted by Crippen LogP contribution is 2.13. The molecule has 0 atom stereocenters. The maximum absolute atomic E-state index is 10.3. The van der Waals surface area contributed by atoms with E-state index in [1.54, 1.807) is 0 Å². The van der Waals surface area contributed by atoms with Crippen LogP contribution in [0.5, 0.6) is 0 Å². The van der Waals surface area contributed by atoms with Crippen LogP contribution in [0.15, 0.2) is 12.2 Å². The molecule has 1 N–H and O–H groups in total. The van der Waals surface area contributed by atoms with Gasteiger partial charge in [0.2, 0.25) is 0 Å². The van der Waals surface area contributed by atoms with Crippen molar-refractivity contribution in [1.82, 2.24) is 0 Å². The molecule has 0 heterocycles. The fraction of sp³-hybridized carbons (Fsp3) is 0.864. The Bertz CT molecular complexity index is 284. The normalized spacial score (nSPS) is 11.4. The minimum absolute atomic E-state index is 0.259. The lowest BCUT2D eigenvalue weighted by Gasteiger charge is -2.03. The summed E-state index contributed by atoms with van der Waals surface area (Å²) in [5.41, 5.74) is 0. The number of allylic oxidation sites excluding steroid dienone is 2. The summed E-state index contributed by atoms with van der Waals surface area (Å²) in [6.45, 7) is 2.28. The largest absolute Gasteiger partial charge is 0.481 e. The van der Waals surface area contributed by atoms with Crippen molar-refractivity contribution >= 4 is 5.97 Å². The minimum Gasteiger partial charge on any atom is -0.481 e. The van der Waals surface area contributed by atoms with Gasteiger partial charge in [-0.05, 0) is 19.3 Å². The molecule has 0 aliphatic rings. The maximum Gasteiger partial charge on any atom is 0.303 e. The van der Waals surface area contributed by atoms with Crippen molar-refractivity contribution in [2.45, 2.75) is 122 Å². The second kappa shape index (κ2) is 20.3. The number of hydrogen-bond acceptors (Lipinski definition) is 1. The van der Waals surface area contributed by atoms with E-state index in [2.05, 4.69) is 13.0 Å². The summed E-state index contributed by atoms with van der Waals surface area (Å²) in [4.78, 5) is 10.3. The fourth-order valence-corrected chi connectivity index (χ4v) is 3.08. The molecule has 0 saturated heterocycles. The van der Waals surface area contributed by atoms with Gasteiger partial charge in [0.15, 0.2) is 0 Å².